The van der Waals surface area contributed by atoms with Crippen LogP contribution in [-0.4, -0.2) is 41.1 Å². The lowest BCUT2D eigenvalue weighted by Gasteiger charge is -2.09. The van der Waals surface area contributed by atoms with Gasteiger partial charge in [0.1, 0.15) is 6.54 Å². The topological polar surface area (TPSA) is 134 Å². The van der Waals surface area contributed by atoms with E-state index in [1.165, 1.54) is 53.2 Å². The number of carbonyl (C=O) groups excluding carboxylic acids is 2. The fraction of sp³-hybridized carbons (Fsp3) is 0.143. The maximum Gasteiger partial charge on any atom is 0.284 e. The van der Waals surface area contributed by atoms with Crippen molar-refractivity contribution in [2.45, 2.75) is 13.5 Å². The van der Waals surface area contributed by atoms with Gasteiger partial charge in [0, 0.05) is 42.3 Å². The van der Waals surface area contributed by atoms with E-state index in [9.17, 15) is 14.0 Å². The molecule has 3 heterocycles. The first-order valence-electron chi connectivity index (χ1n) is 9.67. The number of rotatable bonds is 6. The number of hydrogen-bond acceptors (Lipinski definition) is 6. The Hall–Kier alpha value is -4.48. The molecule has 10 nitrogen and oxygen atoms in total. The van der Waals surface area contributed by atoms with Crippen molar-refractivity contribution >= 4 is 17.8 Å². The maximum atomic E-state index is 15.0. The molecule has 3 aromatic heterocycles. The third-order valence-corrected chi connectivity index (χ3v) is 4.93. The number of amides is 2. The summed E-state index contributed by atoms with van der Waals surface area (Å²) in [7, 11) is 1.48. The second-order valence-corrected chi connectivity index (χ2v) is 7.13. The van der Waals surface area contributed by atoms with Crippen molar-refractivity contribution in [1.29, 1.82) is 0 Å². The van der Waals surface area contributed by atoms with E-state index in [1.54, 1.807) is 13.0 Å². The summed E-state index contributed by atoms with van der Waals surface area (Å²) in [5.74, 6) is -3.36. The van der Waals surface area contributed by atoms with Gasteiger partial charge in [-0.3, -0.25) is 19.6 Å². The minimum atomic E-state index is -1.11. The van der Waals surface area contributed by atoms with Crippen molar-refractivity contribution in [1.82, 2.24) is 29.3 Å². The van der Waals surface area contributed by atoms with Crippen molar-refractivity contribution in [3.8, 4) is 22.4 Å². The van der Waals surface area contributed by atoms with Gasteiger partial charge in [-0.2, -0.15) is 5.10 Å². The number of nitrogens with zero attached hydrogens (tertiary/aromatic N) is 6. The zero-order valence-electron chi connectivity index (χ0n) is 17.6. The number of hydrogen-bond donors (Lipinski definition) is 2. The van der Waals surface area contributed by atoms with Gasteiger partial charge in [0.25, 0.3) is 5.91 Å². The molecular weight excluding hydrogens is 434 g/mol. The van der Waals surface area contributed by atoms with E-state index in [0.717, 1.165) is 0 Å². The second-order valence-electron chi connectivity index (χ2n) is 7.13. The van der Waals surface area contributed by atoms with Crippen LogP contribution in [0, 0.1) is 18.6 Å². The van der Waals surface area contributed by atoms with Crippen LogP contribution < -0.4 is 11.1 Å². The van der Waals surface area contributed by atoms with Crippen LogP contribution in [0.25, 0.3) is 22.4 Å². The number of aryl methyl sites for hydroxylation is 1. The van der Waals surface area contributed by atoms with E-state index in [1.807, 2.05) is 0 Å². The molecule has 1 aromatic carbocycles. The minimum absolute atomic E-state index is 0.0240. The van der Waals surface area contributed by atoms with Crippen LogP contribution >= 0.6 is 0 Å². The maximum absolute atomic E-state index is 15.0. The lowest BCUT2D eigenvalue weighted by Crippen LogP contribution is -2.20. The van der Waals surface area contributed by atoms with Crippen LogP contribution in [0.3, 0.4) is 0 Å². The molecule has 3 N–H and O–H groups in total. The zero-order chi connectivity index (χ0) is 23.7. The first kappa shape index (κ1) is 21.7. The average molecular weight is 452 g/mol. The Morgan fingerprint density at radius 1 is 1.06 bits per heavy atom. The lowest BCUT2D eigenvalue weighted by atomic mass is 10.0. The van der Waals surface area contributed by atoms with Crippen LogP contribution in [0.15, 0.2) is 43.0 Å². The quantitative estimate of drug-likeness (QED) is 0.460. The third-order valence-electron chi connectivity index (χ3n) is 4.93. The van der Waals surface area contributed by atoms with Gasteiger partial charge in [-0.05, 0) is 19.1 Å². The van der Waals surface area contributed by atoms with Crippen molar-refractivity contribution < 1.29 is 18.4 Å². The highest BCUT2D eigenvalue weighted by molar-refractivity contribution is 5.90. The molecule has 0 unspecified atom stereocenters. The van der Waals surface area contributed by atoms with Crippen LogP contribution in [-0.2, 0) is 18.4 Å². The van der Waals surface area contributed by atoms with E-state index < -0.39 is 23.4 Å². The molecule has 0 saturated carbocycles. The van der Waals surface area contributed by atoms with Gasteiger partial charge < -0.3 is 10.3 Å². The highest BCUT2D eigenvalue weighted by Gasteiger charge is 2.22. The molecule has 0 aliphatic rings. The summed E-state index contributed by atoms with van der Waals surface area (Å²) >= 11 is 0. The number of nitrogens with one attached hydrogen (secondary N) is 1. The number of imidazole rings is 1. The van der Waals surface area contributed by atoms with Gasteiger partial charge in [-0.1, -0.05) is 6.07 Å². The number of primary amides is 1. The number of benzene rings is 1. The first-order valence-corrected chi connectivity index (χ1v) is 9.67. The van der Waals surface area contributed by atoms with E-state index in [0.29, 0.717) is 11.3 Å². The summed E-state index contributed by atoms with van der Waals surface area (Å²) < 4.78 is 32.6. The van der Waals surface area contributed by atoms with Crippen molar-refractivity contribution in [3.05, 3.63) is 66.1 Å². The predicted molar refractivity (Wildman–Crippen MR) is 114 cm³/mol. The van der Waals surface area contributed by atoms with E-state index in [-0.39, 0.29) is 35.1 Å². The van der Waals surface area contributed by atoms with Crippen LogP contribution in [0.4, 0.5) is 14.7 Å². The SMILES string of the molecule is Cc1nn(CC(=O)Nc2ncccn2)cc1-c1ccc(-c2cnc(C(N)=O)n2C)c(F)c1F. The van der Waals surface area contributed by atoms with Gasteiger partial charge >= 0.3 is 0 Å². The Balaban J connectivity index is 1.61. The lowest BCUT2D eigenvalue weighted by molar-refractivity contribution is -0.117. The molecule has 0 radical (unpaired) electrons. The standard InChI is InChI=1S/C21H18F2N8O2/c1-11-14(9-31(29-11)10-16(32)28-21-25-6-3-7-26-21)12-4-5-13(18(23)17(12)22)15-8-27-20(19(24)33)30(15)2/h3-9H,10H2,1-2H3,(H2,24,33)(H,25,26,28,32). The molecule has 0 fully saturated rings. The zero-order valence-corrected chi connectivity index (χ0v) is 17.6. The molecule has 4 aromatic rings. The highest BCUT2D eigenvalue weighted by Crippen LogP contribution is 2.32. The van der Waals surface area contributed by atoms with E-state index in [2.05, 4.69) is 25.4 Å². The largest absolute Gasteiger partial charge is 0.363 e. The van der Waals surface area contributed by atoms with Crippen molar-refractivity contribution in [2.75, 3.05) is 5.32 Å². The summed E-state index contributed by atoms with van der Waals surface area (Å²) in [5, 5.41) is 6.74. The Morgan fingerprint density at radius 3 is 2.39 bits per heavy atom. The van der Waals surface area contributed by atoms with Gasteiger partial charge in [0.05, 0.1) is 17.6 Å². The Bertz CT molecular complexity index is 1360. The fourth-order valence-corrected chi connectivity index (χ4v) is 3.38. The van der Waals surface area contributed by atoms with Crippen LogP contribution in [0.1, 0.15) is 16.3 Å². The summed E-state index contributed by atoms with van der Waals surface area (Å²) in [6.07, 6.45) is 5.67. The number of anilines is 1. The summed E-state index contributed by atoms with van der Waals surface area (Å²) in [5.41, 5.74) is 6.06. The Labute approximate surface area is 186 Å². The highest BCUT2D eigenvalue weighted by atomic mass is 19.2. The molecule has 0 saturated heterocycles. The summed E-state index contributed by atoms with van der Waals surface area (Å²) in [6.45, 7) is 1.45. The molecule has 0 bridgehead atoms. The van der Waals surface area contributed by atoms with Crippen LogP contribution in [0.2, 0.25) is 0 Å². The Kier molecular flexibility index (Phi) is 5.65. The molecule has 0 atom stereocenters. The monoisotopic (exact) mass is 452 g/mol. The fourth-order valence-electron chi connectivity index (χ4n) is 3.38. The molecule has 0 aliphatic carbocycles. The van der Waals surface area contributed by atoms with Gasteiger partial charge in [-0.25, -0.2) is 23.7 Å². The summed E-state index contributed by atoms with van der Waals surface area (Å²) in [6, 6.07) is 4.39. The van der Waals surface area contributed by atoms with E-state index >= 15 is 4.39 Å². The predicted octanol–water partition coefficient (Wildman–Crippen LogP) is 2.06. The Morgan fingerprint density at radius 2 is 1.73 bits per heavy atom. The first-order chi connectivity index (χ1) is 15.8. The molecule has 2 amide bonds. The smallest absolute Gasteiger partial charge is 0.284 e. The van der Waals surface area contributed by atoms with Gasteiger partial charge in [0.2, 0.25) is 11.9 Å². The molecule has 12 heteroatoms. The average Bonchev–Trinajstić information content (AvgIpc) is 3.33. The van der Waals surface area contributed by atoms with Gasteiger partial charge in [0.15, 0.2) is 17.5 Å². The summed E-state index contributed by atoms with van der Waals surface area (Å²) in [4.78, 5) is 35.3. The van der Waals surface area contributed by atoms with Crippen molar-refractivity contribution in [2.24, 2.45) is 12.8 Å². The van der Waals surface area contributed by atoms with Crippen molar-refractivity contribution in [3.63, 3.8) is 0 Å². The molecular formula is C21H18F2N8O2. The number of carbonyl (C=O) groups is 2. The van der Waals surface area contributed by atoms with Gasteiger partial charge in [-0.15, -0.1) is 0 Å². The number of halogens is 2. The number of nitrogens with two attached hydrogens (primary N) is 1. The molecule has 0 spiro atoms. The number of aromatic nitrogens is 6. The third kappa shape index (κ3) is 4.18. The molecule has 4 rings (SSSR count). The molecule has 0 aliphatic heterocycles. The molecule has 33 heavy (non-hydrogen) atoms. The normalized spacial score (nSPS) is 10.9. The van der Waals surface area contributed by atoms with Crippen LogP contribution in [0.5, 0.6) is 0 Å². The van der Waals surface area contributed by atoms with E-state index in [4.69, 9.17) is 5.73 Å². The molecule has 168 valence electrons. The second kappa shape index (κ2) is 8.57. The minimum Gasteiger partial charge on any atom is -0.363 e.